The van der Waals surface area contributed by atoms with Gasteiger partial charge >= 0.3 is 18.1 Å². The van der Waals surface area contributed by atoms with Crippen molar-refractivity contribution < 1.29 is 32.2 Å². The Kier molecular flexibility index (Phi) is 13.0. The van der Waals surface area contributed by atoms with Crippen molar-refractivity contribution in [2.45, 2.75) is 37.0 Å². The number of hydrogen-bond donors (Lipinski definition) is 0. The number of rotatable bonds is 12. The fourth-order valence-electron chi connectivity index (χ4n) is 7.51. The van der Waals surface area contributed by atoms with E-state index in [0.717, 1.165) is 28.5 Å². The number of carbonyl (C=O) groups excluding carboxylic acids is 2. The predicted molar refractivity (Wildman–Crippen MR) is 241 cm³/mol. The molecule has 0 aliphatic carbocycles. The minimum absolute atomic E-state index is 0.0103. The number of hydrazone groups is 2. The van der Waals surface area contributed by atoms with Gasteiger partial charge in [0.15, 0.2) is 16.8 Å². The number of alkyl halides is 3. The van der Waals surface area contributed by atoms with E-state index in [1.165, 1.54) is 23.0 Å². The number of anilines is 2. The van der Waals surface area contributed by atoms with Crippen LogP contribution in [0.3, 0.4) is 0 Å². The van der Waals surface area contributed by atoms with E-state index in [-0.39, 0.29) is 42.6 Å². The van der Waals surface area contributed by atoms with E-state index in [4.69, 9.17) is 47.9 Å². The maximum absolute atomic E-state index is 14.0. The molecule has 18 heteroatoms. The monoisotopic (exact) mass is 924 g/mol. The zero-order valence-corrected chi connectivity index (χ0v) is 36.7. The summed E-state index contributed by atoms with van der Waals surface area (Å²) in [5.74, 6) is -3.68. The third-order valence-electron chi connectivity index (χ3n) is 10.5. The van der Waals surface area contributed by atoms with Crippen molar-refractivity contribution in [3.05, 3.63) is 159 Å². The molecule has 326 valence electrons. The molecule has 6 aromatic rings. The maximum Gasteiger partial charge on any atom is 0.451 e. The number of benzene rings is 4. The summed E-state index contributed by atoms with van der Waals surface area (Å²) in [6, 6.07) is 30.1. The summed E-state index contributed by atoms with van der Waals surface area (Å²) >= 11 is 14.6. The van der Waals surface area contributed by atoms with Crippen LogP contribution in [0.2, 0.25) is 10.0 Å². The van der Waals surface area contributed by atoms with Crippen molar-refractivity contribution in [1.29, 1.82) is 0 Å². The summed E-state index contributed by atoms with van der Waals surface area (Å²) in [5, 5.41) is 14.3. The van der Waals surface area contributed by atoms with Crippen LogP contribution in [-0.4, -0.2) is 75.9 Å². The Morgan fingerprint density at radius 2 is 1.28 bits per heavy atom. The fraction of sp³-hybridized carbons (Fsp3) is 0.217. The van der Waals surface area contributed by atoms with Crippen LogP contribution in [0.5, 0.6) is 0 Å². The number of thioether (sulfide) groups is 1. The van der Waals surface area contributed by atoms with Gasteiger partial charge in [0.2, 0.25) is 5.82 Å². The molecule has 0 spiro atoms. The molecule has 4 aromatic carbocycles. The lowest BCUT2D eigenvalue weighted by atomic mass is 9.87. The molecule has 8 rings (SSSR count). The Morgan fingerprint density at radius 1 is 0.703 bits per heavy atom. The van der Waals surface area contributed by atoms with Crippen molar-refractivity contribution in [2.75, 3.05) is 42.6 Å². The van der Waals surface area contributed by atoms with Gasteiger partial charge in [-0.15, -0.1) is 0 Å². The molecule has 0 fully saturated rings. The zero-order chi connectivity index (χ0) is 45.1. The van der Waals surface area contributed by atoms with Crippen LogP contribution < -0.4 is 10.0 Å². The Morgan fingerprint density at radius 3 is 1.91 bits per heavy atom. The van der Waals surface area contributed by atoms with Crippen molar-refractivity contribution in [2.24, 2.45) is 10.2 Å². The highest BCUT2D eigenvalue weighted by Gasteiger charge is 2.39. The van der Waals surface area contributed by atoms with Crippen LogP contribution in [0.1, 0.15) is 74.5 Å². The summed E-state index contributed by atoms with van der Waals surface area (Å²) < 4.78 is 52.4. The van der Waals surface area contributed by atoms with Gasteiger partial charge in [-0.2, -0.15) is 23.4 Å². The fourth-order valence-corrected chi connectivity index (χ4v) is 8.20. The first-order valence-corrected chi connectivity index (χ1v) is 22.0. The Balaban J connectivity index is 1.20. The van der Waals surface area contributed by atoms with Crippen LogP contribution in [0.15, 0.2) is 125 Å². The van der Waals surface area contributed by atoms with E-state index in [0.29, 0.717) is 50.1 Å². The van der Waals surface area contributed by atoms with Gasteiger partial charge < -0.3 is 9.47 Å². The van der Waals surface area contributed by atoms with Crippen LogP contribution in [0.25, 0.3) is 11.1 Å². The van der Waals surface area contributed by atoms with Gasteiger partial charge in [-0.3, -0.25) is 0 Å². The minimum Gasteiger partial charge on any atom is -0.462 e. The lowest BCUT2D eigenvalue weighted by molar-refractivity contribution is -0.144. The van der Waals surface area contributed by atoms with Crippen LogP contribution in [0.4, 0.5) is 24.8 Å². The zero-order valence-electron chi connectivity index (χ0n) is 34.4. The number of ether oxygens (including phenoxy) is 2. The molecular formula is C46H37Cl2F3N8O4S. The Bertz CT molecular complexity index is 2800. The molecule has 0 N–H and O–H groups in total. The van der Waals surface area contributed by atoms with Crippen molar-refractivity contribution in [1.82, 2.24) is 19.9 Å². The Hall–Kier alpha value is -6.36. The van der Waals surface area contributed by atoms with Gasteiger partial charge in [0.05, 0.1) is 37.7 Å². The highest BCUT2D eigenvalue weighted by molar-refractivity contribution is 7.98. The first-order chi connectivity index (χ1) is 30.9. The lowest BCUT2D eigenvalue weighted by Gasteiger charge is -2.19. The molecule has 2 aliphatic heterocycles. The highest BCUT2D eigenvalue weighted by atomic mass is 35.5. The van der Waals surface area contributed by atoms with Gasteiger partial charge in [-0.1, -0.05) is 108 Å². The second kappa shape index (κ2) is 18.8. The van der Waals surface area contributed by atoms with E-state index in [1.807, 2.05) is 73.0 Å². The molecule has 0 amide bonds. The minimum atomic E-state index is -4.89. The highest BCUT2D eigenvalue weighted by Crippen LogP contribution is 2.40. The third kappa shape index (κ3) is 9.16. The molecule has 0 saturated carbocycles. The number of esters is 2. The van der Waals surface area contributed by atoms with Crippen LogP contribution >= 0.6 is 35.0 Å². The molecule has 0 radical (unpaired) electrons. The molecule has 2 unspecified atom stereocenters. The second-order valence-electron chi connectivity index (χ2n) is 14.4. The summed E-state index contributed by atoms with van der Waals surface area (Å²) in [6.45, 7) is 3.84. The van der Waals surface area contributed by atoms with E-state index >= 15 is 0 Å². The summed E-state index contributed by atoms with van der Waals surface area (Å²) in [4.78, 5) is 42.4. The molecule has 4 heterocycles. The average molecular weight is 926 g/mol. The molecule has 2 atom stereocenters. The van der Waals surface area contributed by atoms with Crippen molar-refractivity contribution in [3.63, 3.8) is 0 Å². The standard InChI is InChI=1S/C46H37Cl2F3N8O4S/c1-4-62-42(60)33-22-52-44(46(49,50)51)54-40(33)58-25-36(38(56-58)27-14-17-31(47)18-15-27)29-13-9-12-28(20-29)32-21-30(16-19-37(32)48)39-35(26-10-7-6-8-11-26)24-59(57-39)41-34(43(61)63-5-2)23-53-45(55-41)64-3/h6-23,35-36H,4-5,24-25H2,1-3H3. The molecule has 2 aromatic heterocycles. The number of nitrogens with zero attached hydrogens (tertiary/aromatic N) is 8. The van der Waals surface area contributed by atoms with Crippen molar-refractivity contribution >= 4 is 70.0 Å². The topological polar surface area (TPSA) is 135 Å². The normalized spacial score (nSPS) is 16.1. The SMILES string of the molecule is CCOC(=O)c1cnc(SC)nc1N1CC(c2ccccc2)C(c2ccc(Cl)c(-c3cccc(C4CN(c5nc(C(F)(F)F)ncc5C(=O)OCC)N=C4c4ccc(Cl)cc4)c3)c2)=N1. The summed E-state index contributed by atoms with van der Waals surface area (Å²) in [5.41, 5.74) is 5.73. The predicted octanol–water partition coefficient (Wildman–Crippen LogP) is 10.4. The number of aromatic nitrogens is 4. The molecule has 2 aliphatic rings. The van der Waals surface area contributed by atoms with E-state index < -0.39 is 29.9 Å². The quantitative estimate of drug-likeness (QED) is 0.0659. The largest absolute Gasteiger partial charge is 0.462 e. The third-order valence-corrected chi connectivity index (χ3v) is 11.6. The van der Waals surface area contributed by atoms with Gasteiger partial charge in [0.25, 0.3) is 0 Å². The first-order valence-electron chi connectivity index (χ1n) is 20.0. The van der Waals surface area contributed by atoms with E-state index in [2.05, 4.69) is 15.0 Å². The van der Waals surface area contributed by atoms with Gasteiger partial charge in [0, 0.05) is 39.8 Å². The number of halogens is 5. The van der Waals surface area contributed by atoms with Crippen LogP contribution in [0, 0.1) is 0 Å². The van der Waals surface area contributed by atoms with Crippen molar-refractivity contribution in [3.8, 4) is 11.1 Å². The molecule has 0 bridgehead atoms. The van der Waals surface area contributed by atoms with Gasteiger partial charge in [-0.25, -0.2) is 39.5 Å². The molecular weight excluding hydrogens is 889 g/mol. The van der Waals surface area contributed by atoms with Crippen LogP contribution in [-0.2, 0) is 15.7 Å². The number of carbonyl (C=O) groups is 2. The van der Waals surface area contributed by atoms with E-state index in [9.17, 15) is 22.8 Å². The summed E-state index contributed by atoms with van der Waals surface area (Å²) in [6.07, 6.45) is -0.771. The smallest absolute Gasteiger partial charge is 0.451 e. The van der Waals surface area contributed by atoms with E-state index in [1.54, 1.807) is 49.2 Å². The second-order valence-corrected chi connectivity index (χ2v) is 16.1. The van der Waals surface area contributed by atoms with Gasteiger partial charge in [-0.05, 0) is 72.2 Å². The Labute approximate surface area is 380 Å². The maximum atomic E-state index is 14.0. The van der Waals surface area contributed by atoms with Gasteiger partial charge in [0.1, 0.15) is 11.1 Å². The summed E-state index contributed by atoms with van der Waals surface area (Å²) in [7, 11) is 0. The number of hydrogen-bond acceptors (Lipinski definition) is 13. The first kappa shape index (κ1) is 44.3. The molecule has 12 nitrogen and oxygen atoms in total. The average Bonchev–Trinajstić information content (AvgIpc) is 3.96. The molecule has 0 saturated heterocycles. The lowest BCUT2D eigenvalue weighted by Crippen LogP contribution is -2.24. The molecule has 64 heavy (non-hydrogen) atoms.